The zero-order valence-electron chi connectivity index (χ0n) is 9.60. The third kappa shape index (κ3) is 1.63. The Hall–Kier alpha value is -1.75. The molecule has 1 aromatic carbocycles. The summed E-state index contributed by atoms with van der Waals surface area (Å²) in [7, 11) is 1.61. The first-order valence-corrected chi connectivity index (χ1v) is 5.65. The Morgan fingerprint density at radius 3 is 3.12 bits per heavy atom. The van der Waals surface area contributed by atoms with E-state index in [1.807, 2.05) is 18.2 Å². The smallest absolute Gasteiger partial charge is 0.326 e. The van der Waals surface area contributed by atoms with Gasteiger partial charge < -0.3 is 14.5 Å². The molecule has 1 aliphatic heterocycles. The van der Waals surface area contributed by atoms with E-state index in [1.165, 1.54) is 0 Å². The fourth-order valence-electron chi connectivity index (χ4n) is 2.33. The highest BCUT2D eigenvalue weighted by atomic mass is 16.5. The van der Waals surface area contributed by atoms with E-state index >= 15 is 0 Å². The van der Waals surface area contributed by atoms with Crippen LogP contribution in [0, 0.1) is 0 Å². The molecule has 1 N–H and O–H groups in total. The summed E-state index contributed by atoms with van der Waals surface area (Å²) >= 11 is 0. The number of imidazole rings is 1. The molecule has 2 heterocycles. The SMILES string of the molecule is COc1ccc2c(c1)[nH]c(=O)n2C1CCOC1. The Kier molecular flexibility index (Phi) is 2.40. The topological polar surface area (TPSA) is 56.2 Å². The van der Waals surface area contributed by atoms with E-state index in [4.69, 9.17) is 9.47 Å². The van der Waals surface area contributed by atoms with E-state index < -0.39 is 0 Å². The zero-order valence-corrected chi connectivity index (χ0v) is 9.60. The van der Waals surface area contributed by atoms with Gasteiger partial charge in [-0.25, -0.2) is 4.79 Å². The maximum atomic E-state index is 11.9. The number of nitrogens with zero attached hydrogens (tertiary/aromatic N) is 1. The van der Waals surface area contributed by atoms with Crippen LogP contribution in [-0.4, -0.2) is 29.9 Å². The van der Waals surface area contributed by atoms with E-state index in [0.29, 0.717) is 6.61 Å². The molecule has 1 aliphatic rings. The first kappa shape index (κ1) is 10.4. The second kappa shape index (κ2) is 3.92. The third-order valence-corrected chi connectivity index (χ3v) is 3.19. The second-order valence-electron chi connectivity index (χ2n) is 4.20. The number of H-pyrrole nitrogens is 1. The van der Waals surface area contributed by atoms with Crippen LogP contribution in [0.15, 0.2) is 23.0 Å². The molecule has 0 radical (unpaired) electrons. The Morgan fingerprint density at radius 2 is 2.41 bits per heavy atom. The van der Waals surface area contributed by atoms with Gasteiger partial charge in [0.2, 0.25) is 0 Å². The third-order valence-electron chi connectivity index (χ3n) is 3.19. The molecule has 3 rings (SSSR count). The minimum atomic E-state index is -0.0799. The molecular formula is C12H14N2O3. The van der Waals surface area contributed by atoms with E-state index in [1.54, 1.807) is 11.7 Å². The van der Waals surface area contributed by atoms with Gasteiger partial charge >= 0.3 is 5.69 Å². The van der Waals surface area contributed by atoms with Crippen LogP contribution in [0.25, 0.3) is 11.0 Å². The van der Waals surface area contributed by atoms with Crippen LogP contribution in [0.2, 0.25) is 0 Å². The van der Waals surface area contributed by atoms with Gasteiger partial charge in [0.25, 0.3) is 0 Å². The predicted molar refractivity (Wildman–Crippen MR) is 63.6 cm³/mol. The summed E-state index contributed by atoms with van der Waals surface area (Å²) in [5.74, 6) is 0.744. The minimum Gasteiger partial charge on any atom is -0.497 e. The highest BCUT2D eigenvalue weighted by Crippen LogP contribution is 2.24. The summed E-state index contributed by atoms with van der Waals surface area (Å²) in [5, 5.41) is 0. The molecule has 1 fully saturated rings. The number of hydrogen-bond acceptors (Lipinski definition) is 3. The van der Waals surface area contributed by atoms with Crippen molar-refractivity contribution in [1.29, 1.82) is 0 Å². The van der Waals surface area contributed by atoms with Gasteiger partial charge in [-0.1, -0.05) is 0 Å². The molecule has 5 heteroatoms. The van der Waals surface area contributed by atoms with Gasteiger partial charge in [-0.3, -0.25) is 4.57 Å². The van der Waals surface area contributed by atoms with Crippen molar-refractivity contribution in [2.24, 2.45) is 0 Å². The molecule has 0 aliphatic carbocycles. The molecule has 90 valence electrons. The lowest BCUT2D eigenvalue weighted by Gasteiger charge is -2.09. The molecule has 2 aromatic rings. The first-order valence-electron chi connectivity index (χ1n) is 5.65. The van der Waals surface area contributed by atoms with Crippen LogP contribution in [0.5, 0.6) is 5.75 Å². The van der Waals surface area contributed by atoms with Crippen LogP contribution < -0.4 is 10.4 Å². The first-order chi connectivity index (χ1) is 8.29. The quantitative estimate of drug-likeness (QED) is 0.852. The average molecular weight is 234 g/mol. The Balaban J connectivity index is 2.17. The molecule has 0 spiro atoms. The molecule has 1 unspecified atom stereocenters. The highest BCUT2D eigenvalue weighted by Gasteiger charge is 2.21. The van der Waals surface area contributed by atoms with E-state index in [9.17, 15) is 4.79 Å². The number of hydrogen-bond donors (Lipinski definition) is 1. The number of methoxy groups -OCH3 is 1. The number of benzene rings is 1. The number of nitrogens with one attached hydrogen (secondary N) is 1. The van der Waals surface area contributed by atoms with E-state index in [0.717, 1.165) is 29.8 Å². The largest absolute Gasteiger partial charge is 0.497 e. The summed E-state index contributed by atoms with van der Waals surface area (Å²) < 4.78 is 12.3. The van der Waals surface area contributed by atoms with Crippen LogP contribution in [0.1, 0.15) is 12.5 Å². The van der Waals surface area contributed by atoms with Gasteiger partial charge in [-0.15, -0.1) is 0 Å². The molecule has 0 amide bonds. The fraction of sp³-hybridized carbons (Fsp3) is 0.417. The van der Waals surface area contributed by atoms with Crippen molar-refractivity contribution in [2.75, 3.05) is 20.3 Å². The van der Waals surface area contributed by atoms with Gasteiger partial charge in [0.15, 0.2) is 0 Å². The van der Waals surface area contributed by atoms with Gasteiger partial charge in [-0.2, -0.15) is 0 Å². The monoisotopic (exact) mass is 234 g/mol. The Labute approximate surface area is 98.0 Å². The summed E-state index contributed by atoms with van der Waals surface area (Å²) in [5.41, 5.74) is 1.64. The highest BCUT2D eigenvalue weighted by molar-refractivity contribution is 5.77. The molecule has 0 bridgehead atoms. The van der Waals surface area contributed by atoms with Gasteiger partial charge in [-0.05, 0) is 18.6 Å². The van der Waals surface area contributed by atoms with E-state index in [2.05, 4.69) is 4.98 Å². The number of fused-ring (bicyclic) bond motifs is 1. The lowest BCUT2D eigenvalue weighted by Crippen LogP contribution is -2.22. The standard InChI is InChI=1S/C12H14N2O3/c1-16-9-2-3-11-10(6-9)13-12(15)14(11)8-4-5-17-7-8/h2-3,6,8H,4-5,7H2,1H3,(H,13,15). The van der Waals surface area contributed by atoms with Crippen LogP contribution in [0.4, 0.5) is 0 Å². The van der Waals surface area contributed by atoms with Gasteiger partial charge in [0, 0.05) is 12.7 Å². The number of aromatic nitrogens is 2. The molecule has 1 aromatic heterocycles. The summed E-state index contributed by atoms with van der Waals surface area (Å²) in [6, 6.07) is 5.75. The van der Waals surface area contributed by atoms with Crippen molar-refractivity contribution in [3.8, 4) is 5.75 Å². The van der Waals surface area contributed by atoms with Crippen molar-refractivity contribution < 1.29 is 9.47 Å². The number of ether oxygens (including phenoxy) is 2. The molecule has 1 atom stereocenters. The maximum absolute atomic E-state index is 11.9. The molecule has 0 saturated carbocycles. The zero-order chi connectivity index (χ0) is 11.8. The van der Waals surface area contributed by atoms with Crippen LogP contribution >= 0.6 is 0 Å². The summed E-state index contributed by atoms with van der Waals surface area (Å²) in [6.45, 7) is 1.33. The van der Waals surface area contributed by atoms with Crippen molar-refractivity contribution in [1.82, 2.24) is 9.55 Å². The van der Waals surface area contributed by atoms with Crippen molar-refractivity contribution >= 4 is 11.0 Å². The lowest BCUT2D eigenvalue weighted by molar-refractivity contribution is 0.186. The van der Waals surface area contributed by atoms with Crippen LogP contribution in [-0.2, 0) is 4.74 Å². The summed E-state index contributed by atoms with van der Waals surface area (Å²) in [6.07, 6.45) is 0.888. The number of rotatable bonds is 2. The lowest BCUT2D eigenvalue weighted by atomic mass is 10.2. The Bertz CT molecular complexity index is 593. The van der Waals surface area contributed by atoms with Crippen molar-refractivity contribution in [3.05, 3.63) is 28.7 Å². The number of aromatic amines is 1. The Morgan fingerprint density at radius 1 is 1.53 bits per heavy atom. The fourth-order valence-corrected chi connectivity index (χ4v) is 2.33. The van der Waals surface area contributed by atoms with Gasteiger partial charge in [0.05, 0.1) is 30.8 Å². The normalized spacial score (nSPS) is 19.9. The average Bonchev–Trinajstić information content (AvgIpc) is 2.93. The maximum Gasteiger partial charge on any atom is 0.326 e. The molecule has 17 heavy (non-hydrogen) atoms. The molecule has 1 saturated heterocycles. The van der Waals surface area contributed by atoms with Crippen LogP contribution in [0.3, 0.4) is 0 Å². The van der Waals surface area contributed by atoms with E-state index in [-0.39, 0.29) is 11.7 Å². The summed E-state index contributed by atoms with van der Waals surface area (Å²) in [4.78, 5) is 14.8. The van der Waals surface area contributed by atoms with Gasteiger partial charge in [0.1, 0.15) is 5.75 Å². The molecule has 5 nitrogen and oxygen atoms in total. The minimum absolute atomic E-state index is 0.0799. The van der Waals surface area contributed by atoms with Crippen molar-refractivity contribution in [3.63, 3.8) is 0 Å². The molecular weight excluding hydrogens is 220 g/mol. The second-order valence-corrected chi connectivity index (χ2v) is 4.20. The predicted octanol–water partition coefficient (Wildman–Crippen LogP) is 1.30. The van der Waals surface area contributed by atoms with Crippen molar-refractivity contribution in [2.45, 2.75) is 12.5 Å².